The molecule has 0 bridgehead atoms. The maximum Gasteiger partial charge on any atom is 1.00 e. The van der Waals surface area contributed by atoms with Gasteiger partial charge in [-0.05, 0) is 0 Å². The fraction of sp³-hybridized carbons (Fsp3) is 0.500. The Kier molecular flexibility index (Phi) is 8.28. The summed E-state index contributed by atoms with van der Waals surface area (Å²) in [7, 11) is -5.16. The number of imidazole rings is 1. The van der Waals surface area contributed by atoms with E-state index in [1.165, 1.54) is 10.9 Å². The zero-order chi connectivity index (χ0) is 16.8. The largest absolute Gasteiger partial charge is 1.00 e. The predicted octanol–water partition coefficient (Wildman–Crippen LogP) is -8.80. The molecule has 0 amide bonds. The number of phosphoric acid groups is 1. The van der Waals surface area contributed by atoms with Gasteiger partial charge in [-0.15, -0.1) is 0 Å². The van der Waals surface area contributed by atoms with Crippen molar-refractivity contribution in [3.05, 3.63) is 16.7 Å². The molecule has 0 spiro atoms. The van der Waals surface area contributed by atoms with Crippen LogP contribution in [0.3, 0.4) is 0 Å². The third kappa shape index (κ3) is 5.34. The van der Waals surface area contributed by atoms with Crippen molar-refractivity contribution >= 4 is 24.9 Å². The number of fused-ring (bicyclic) bond motifs is 1. The molecule has 0 saturated carbocycles. The summed E-state index contributed by atoms with van der Waals surface area (Å²) in [6.07, 6.45) is -1.50. The maximum atomic E-state index is 11.7. The van der Waals surface area contributed by atoms with Crippen LogP contribution < -0.4 is 80.2 Å². The molecule has 1 aliphatic rings. The number of aliphatic hydroxyl groups excluding tert-OH is 1. The normalized spacial score (nSPS) is 23.2. The Balaban J connectivity index is 0.00000156. The maximum absolute atomic E-state index is 11.7. The Hall–Kier alpha value is 0.180. The predicted molar refractivity (Wildman–Crippen MR) is 70.7 cm³/mol. The van der Waals surface area contributed by atoms with Crippen LogP contribution in [0, 0.1) is 0 Å². The number of nitrogens with zero attached hydrogens (tertiary/aromatic N) is 3. The minimum atomic E-state index is -5.16. The van der Waals surface area contributed by atoms with Crippen molar-refractivity contribution in [2.45, 2.75) is 24.9 Å². The monoisotopic (exact) mass is 391 g/mol. The van der Waals surface area contributed by atoms with Gasteiger partial charge < -0.3 is 34.5 Å². The summed E-state index contributed by atoms with van der Waals surface area (Å²) < 4.78 is 21.5. The average Bonchev–Trinajstić information content (AvgIpc) is 2.99. The molecular formula is C10H12N5Na2O7P. The molecule has 2 aromatic rings. The number of nitrogens with two attached hydrogens (primary N) is 1. The van der Waals surface area contributed by atoms with Crippen molar-refractivity contribution in [2.24, 2.45) is 0 Å². The van der Waals surface area contributed by atoms with E-state index in [4.69, 9.17) is 10.5 Å². The molecular weight excluding hydrogens is 379 g/mol. The Morgan fingerprint density at radius 1 is 1.52 bits per heavy atom. The van der Waals surface area contributed by atoms with Crippen LogP contribution >= 0.6 is 7.82 Å². The van der Waals surface area contributed by atoms with Crippen LogP contribution in [0.2, 0.25) is 0 Å². The van der Waals surface area contributed by atoms with E-state index in [9.17, 15) is 24.3 Å². The minimum absolute atomic E-state index is 0. The van der Waals surface area contributed by atoms with Crippen molar-refractivity contribution in [2.75, 3.05) is 12.3 Å². The molecule has 0 unspecified atom stereocenters. The van der Waals surface area contributed by atoms with Gasteiger partial charge in [0, 0.05) is 6.42 Å². The van der Waals surface area contributed by atoms with E-state index in [0.717, 1.165) is 0 Å². The van der Waals surface area contributed by atoms with Crippen LogP contribution in [-0.4, -0.2) is 43.4 Å². The Labute approximate surface area is 184 Å². The number of nitrogen functional groups attached to an aromatic ring is 1. The van der Waals surface area contributed by atoms with E-state index >= 15 is 0 Å². The Morgan fingerprint density at radius 2 is 2.20 bits per heavy atom. The quantitative estimate of drug-likeness (QED) is 0.333. The number of anilines is 1. The van der Waals surface area contributed by atoms with Gasteiger partial charge in [0.15, 0.2) is 11.2 Å². The molecule has 12 nitrogen and oxygen atoms in total. The summed E-state index contributed by atoms with van der Waals surface area (Å²) in [6, 6.07) is 0. The second-order valence-corrected chi connectivity index (χ2v) is 6.10. The molecule has 126 valence electrons. The molecule has 0 aliphatic carbocycles. The molecule has 2 aromatic heterocycles. The number of hydrogen-bond acceptors (Lipinski definition) is 10. The second-order valence-electron chi connectivity index (χ2n) is 4.95. The summed E-state index contributed by atoms with van der Waals surface area (Å²) in [4.78, 5) is 42.8. The first kappa shape index (κ1) is 23.2. The van der Waals surface area contributed by atoms with Gasteiger partial charge in [-0.1, -0.05) is 0 Å². The molecule has 0 radical (unpaired) electrons. The van der Waals surface area contributed by atoms with E-state index in [1.807, 2.05) is 0 Å². The number of hydrogen-bond donors (Lipinski definition) is 3. The van der Waals surface area contributed by atoms with Crippen LogP contribution in [0.25, 0.3) is 11.2 Å². The Bertz CT molecular complexity index is 839. The van der Waals surface area contributed by atoms with Crippen molar-refractivity contribution in [1.82, 2.24) is 19.5 Å². The fourth-order valence-electron chi connectivity index (χ4n) is 2.35. The van der Waals surface area contributed by atoms with E-state index < -0.39 is 38.4 Å². The number of aromatic amines is 1. The number of aliphatic hydroxyl groups is 1. The average molecular weight is 391 g/mol. The van der Waals surface area contributed by atoms with E-state index in [1.54, 1.807) is 0 Å². The third-order valence-electron chi connectivity index (χ3n) is 3.36. The molecule has 4 N–H and O–H groups in total. The third-order valence-corrected chi connectivity index (χ3v) is 3.83. The number of phosphoric ester groups is 1. The van der Waals surface area contributed by atoms with Gasteiger partial charge in [-0.25, -0.2) is 4.98 Å². The number of nitrogens with one attached hydrogen (secondary N) is 1. The zero-order valence-electron chi connectivity index (χ0n) is 13.5. The van der Waals surface area contributed by atoms with Crippen molar-refractivity contribution in [3.8, 4) is 0 Å². The fourth-order valence-corrected chi connectivity index (χ4v) is 2.68. The van der Waals surface area contributed by atoms with Crippen molar-refractivity contribution in [3.63, 3.8) is 0 Å². The number of ether oxygens (including phenoxy) is 1. The first-order valence-corrected chi connectivity index (χ1v) is 7.93. The van der Waals surface area contributed by atoms with Crippen LogP contribution in [0.15, 0.2) is 11.1 Å². The van der Waals surface area contributed by atoms with Crippen molar-refractivity contribution < 1.29 is 87.8 Å². The molecule has 3 heterocycles. The van der Waals surface area contributed by atoms with Gasteiger partial charge in [-0.3, -0.25) is 14.3 Å². The summed E-state index contributed by atoms with van der Waals surface area (Å²) in [5, 5.41) is 9.89. The first-order chi connectivity index (χ1) is 10.7. The summed E-state index contributed by atoms with van der Waals surface area (Å²) in [5.41, 5.74) is 5.16. The molecule has 3 atom stereocenters. The summed E-state index contributed by atoms with van der Waals surface area (Å²) in [6.45, 7) is -0.606. The molecule has 1 saturated heterocycles. The van der Waals surface area contributed by atoms with Gasteiger partial charge in [0.25, 0.3) is 5.56 Å². The topological polar surface area (TPSA) is 191 Å². The SMILES string of the molecule is Nc1nc2c(ncn2[C@H]2C[C@@H](O)[C@@H](COP(=O)([O-])[O-])O2)c(=O)[nH]1.[Na+].[Na+]. The van der Waals surface area contributed by atoms with E-state index in [0.29, 0.717) is 0 Å². The minimum Gasteiger partial charge on any atom is -0.790 e. The van der Waals surface area contributed by atoms with Gasteiger partial charge in [0.2, 0.25) is 5.95 Å². The van der Waals surface area contributed by atoms with Crippen LogP contribution in [0.5, 0.6) is 0 Å². The number of H-pyrrole nitrogens is 1. The summed E-state index contributed by atoms with van der Waals surface area (Å²) >= 11 is 0. The second kappa shape index (κ2) is 8.91. The van der Waals surface area contributed by atoms with Gasteiger partial charge in [-0.2, -0.15) is 4.98 Å². The van der Waals surface area contributed by atoms with Crippen molar-refractivity contribution in [1.29, 1.82) is 0 Å². The van der Waals surface area contributed by atoms with Gasteiger partial charge >= 0.3 is 59.1 Å². The molecule has 0 aromatic carbocycles. The number of aromatic nitrogens is 4. The zero-order valence-corrected chi connectivity index (χ0v) is 18.4. The molecule has 15 heteroatoms. The molecule has 25 heavy (non-hydrogen) atoms. The van der Waals surface area contributed by atoms with E-state index in [-0.39, 0.29) is 82.6 Å². The standard InChI is InChI=1S/C10H14N5O7P.2Na/c11-10-13-8-7(9(17)14-10)12-3-15(8)6-1-4(16)5(22-6)2-21-23(18,19)20;;/h3-6,16H,1-2H2,(H2,18,19,20)(H3,11,13,14,17);;/q;2*+1/p-2/t4-,5-,6-;;/m1../s1. The van der Waals surface area contributed by atoms with Gasteiger partial charge in [0.1, 0.15) is 12.3 Å². The van der Waals surface area contributed by atoms with Crippen LogP contribution in [-0.2, 0) is 13.8 Å². The molecule has 1 aliphatic heterocycles. The number of rotatable bonds is 4. The van der Waals surface area contributed by atoms with E-state index in [2.05, 4.69) is 19.5 Å². The van der Waals surface area contributed by atoms with Crippen LogP contribution in [0.1, 0.15) is 12.6 Å². The van der Waals surface area contributed by atoms with Gasteiger partial charge in [0.05, 0.1) is 26.9 Å². The Morgan fingerprint density at radius 3 is 2.84 bits per heavy atom. The van der Waals surface area contributed by atoms with Crippen LogP contribution in [0.4, 0.5) is 5.95 Å². The summed E-state index contributed by atoms with van der Waals surface area (Å²) in [5.74, 6) is -0.110. The first-order valence-electron chi connectivity index (χ1n) is 6.47. The molecule has 1 fully saturated rings. The molecule has 3 rings (SSSR count). The smallest absolute Gasteiger partial charge is 0.790 e.